The maximum absolute atomic E-state index is 12.6. The Morgan fingerprint density at radius 1 is 1.13 bits per heavy atom. The Morgan fingerprint density at radius 3 is 2.40 bits per heavy atom. The van der Waals surface area contributed by atoms with Gasteiger partial charge in [0.1, 0.15) is 5.56 Å². The van der Waals surface area contributed by atoms with E-state index >= 15 is 0 Å². The minimum Gasteiger partial charge on any atom is -0.481 e. The molecule has 0 amide bonds. The van der Waals surface area contributed by atoms with E-state index in [1.54, 1.807) is 16.7 Å². The van der Waals surface area contributed by atoms with Crippen LogP contribution in [0.3, 0.4) is 0 Å². The van der Waals surface area contributed by atoms with Crippen molar-refractivity contribution in [3.05, 3.63) is 39.1 Å². The first kappa shape index (κ1) is 23.7. The number of rotatable bonds is 12. The number of carboxylic acids is 2. The van der Waals surface area contributed by atoms with Crippen molar-refractivity contribution in [1.82, 2.24) is 4.57 Å². The average molecular weight is 441 g/mol. The van der Waals surface area contributed by atoms with Crippen LogP contribution in [0, 0.1) is 0 Å². The summed E-state index contributed by atoms with van der Waals surface area (Å²) in [5.74, 6) is -2.19. The van der Waals surface area contributed by atoms with E-state index in [-0.39, 0.29) is 36.6 Å². The van der Waals surface area contributed by atoms with Crippen molar-refractivity contribution in [2.24, 2.45) is 0 Å². The standard InChI is InChI=1S/C20H25ClN2O7/c1-12(2)23-11-14(20(27)28)19(26)13-9-16(15(21)10-17(13)23)22-4-6-30-8-7-29-5-3-18(24)25/h9-12,22H,3-8H2,1-2H3,(H,24,25)(H,27,28). The average Bonchev–Trinajstić information content (AvgIpc) is 2.66. The third-order valence-electron chi connectivity index (χ3n) is 4.30. The van der Waals surface area contributed by atoms with E-state index in [0.29, 0.717) is 36.0 Å². The summed E-state index contributed by atoms with van der Waals surface area (Å²) in [7, 11) is 0. The van der Waals surface area contributed by atoms with E-state index in [0.717, 1.165) is 0 Å². The molecule has 10 heteroatoms. The Hall–Kier alpha value is -2.62. The lowest BCUT2D eigenvalue weighted by Crippen LogP contribution is -2.20. The highest BCUT2D eigenvalue weighted by Crippen LogP contribution is 2.28. The summed E-state index contributed by atoms with van der Waals surface area (Å²) >= 11 is 6.35. The Bertz CT molecular complexity index is 972. The molecule has 0 aliphatic heterocycles. The fourth-order valence-electron chi connectivity index (χ4n) is 2.82. The van der Waals surface area contributed by atoms with Gasteiger partial charge in [0.05, 0.1) is 49.1 Å². The fourth-order valence-corrected chi connectivity index (χ4v) is 3.05. The maximum Gasteiger partial charge on any atom is 0.341 e. The largest absolute Gasteiger partial charge is 0.481 e. The number of anilines is 1. The Kier molecular flexibility index (Phi) is 8.64. The van der Waals surface area contributed by atoms with Gasteiger partial charge in [-0.1, -0.05) is 11.6 Å². The first-order valence-electron chi connectivity index (χ1n) is 9.45. The van der Waals surface area contributed by atoms with Crippen LogP contribution in [-0.2, 0) is 14.3 Å². The number of pyridine rings is 1. The number of nitrogens with zero attached hydrogens (tertiary/aromatic N) is 1. The summed E-state index contributed by atoms with van der Waals surface area (Å²) in [6.45, 7) is 5.25. The molecule has 164 valence electrons. The molecule has 30 heavy (non-hydrogen) atoms. The van der Waals surface area contributed by atoms with Gasteiger partial charge in [-0.15, -0.1) is 0 Å². The van der Waals surface area contributed by atoms with Gasteiger partial charge in [0, 0.05) is 24.2 Å². The minimum absolute atomic E-state index is 0.0515. The van der Waals surface area contributed by atoms with E-state index in [9.17, 15) is 19.5 Å². The predicted octanol–water partition coefficient (Wildman–Crippen LogP) is 2.85. The number of ether oxygens (including phenoxy) is 2. The van der Waals surface area contributed by atoms with Crippen molar-refractivity contribution in [3.8, 4) is 0 Å². The molecular weight excluding hydrogens is 416 g/mol. The zero-order chi connectivity index (χ0) is 22.3. The molecule has 1 heterocycles. The van der Waals surface area contributed by atoms with E-state index in [2.05, 4.69) is 5.32 Å². The van der Waals surface area contributed by atoms with Crippen molar-refractivity contribution in [2.75, 3.05) is 38.3 Å². The lowest BCUT2D eigenvalue weighted by molar-refractivity contribution is -0.138. The summed E-state index contributed by atoms with van der Waals surface area (Å²) < 4.78 is 12.2. The zero-order valence-electron chi connectivity index (χ0n) is 16.8. The molecule has 0 saturated heterocycles. The van der Waals surface area contributed by atoms with Crippen molar-refractivity contribution >= 4 is 40.1 Å². The molecule has 0 radical (unpaired) electrons. The van der Waals surface area contributed by atoms with E-state index < -0.39 is 17.4 Å². The Morgan fingerprint density at radius 2 is 1.80 bits per heavy atom. The molecule has 0 aliphatic carbocycles. The summed E-state index contributed by atoms with van der Waals surface area (Å²) in [5.41, 5.74) is 0.199. The van der Waals surface area contributed by atoms with Crippen molar-refractivity contribution in [2.45, 2.75) is 26.3 Å². The molecule has 1 aromatic heterocycles. The highest BCUT2D eigenvalue weighted by molar-refractivity contribution is 6.34. The van der Waals surface area contributed by atoms with Gasteiger partial charge in [0.25, 0.3) is 0 Å². The highest BCUT2D eigenvalue weighted by Gasteiger charge is 2.17. The second-order valence-corrected chi connectivity index (χ2v) is 7.23. The monoisotopic (exact) mass is 440 g/mol. The second-order valence-electron chi connectivity index (χ2n) is 6.82. The molecule has 3 N–H and O–H groups in total. The van der Waals surface area contributed by atoms with Gasteiger partial charge >= 0.3 is 11.9 Å². The van der Waals surface area contributed by atoms with Gasteiger partial charge in [-0.3, -0.25) is 9.59 Å². The molecule has 0 saturated carbocycles. The topological polar surface area (TPSA) is 127 Å². The number of nitrogens with one attached hydrogen (secondary N) is 1. The van der Waals surface area contributed by atoms with E-state index in [1.165, 1.54) is 6.20 Å². The van der Waals surface area contributed by atoms with Crippen molar-refractivity contribution in [3.63, 3.8) is 0 Å². The fraction of sp³-hybridized carbons (Fsp3) is 0.450. The second kappa shape index (κ2) is 11.0. The molecule has 2 aromatic rings. The molecule has 0 atom stereocenters. The van der Waals surface area contributed by atoms with Gasteiger partial charge < -0.3 is 29.6 Å². The minimum atomic E-state index is -1.28. The van der Waals surface area contributed by atoms with Gasteiger partial charge in [-0.2, -0.15) is 0 Å². The smallest absolute Gasteiger partial charge is 0.341 e. The van der Waals surface area contributed by atoms with Crippen LogP contribution < -0.4 is 10.7 Å². The number of benzene rings is 1. The number of fused-ring (bicyclic) bond motifs is 1. The van der Waals surface area contributed by atoms with Gasteiger partial charge in [0.15, 0.2) is 0 Å². The van der Waals surface area contributed by atoms with Crippen LogP contribution in [0.4, 0.5) is 5.69 Å². The molecule has 9 nitrogen and oxygen atoms in total. The zero-order valence-corrected chi connectivity index (χ0v) is 17.6. The van der Waals surface area contributed by atoms with Crippen molar-refractivity contribution < 1.29 is 29.3 Å². The first-order chi connectivity index (χ1) is 14.2. The molecule has 0 aliphatic rings. The van der Waals surface area contributed by atoms with Gasteiger partial charge in [-0.05, 0) is 26.0 Å². The third kappa shape index (κ3) is 6.19. The third-order valence-corrected chi connectivity index (χ3v) is 4.61. The quantitative estimate of drug-likeness (QED) is 0.430. The summed E-state index contributed by atoms with van der Waals surface area (Å²) in [4.78, 5) is 34.4. The number of carbonyl (C=O) groups is 2. The van der Waals surface area contributed by atoms with Crippen LogP contribution in [0.5, 0.6) is 0 Å². The van der Waals surface area contributed by atoms with E-state index in [1.807, 2.05) is 13.8 Å². The number of hydrogen-bond acceptors (Lipinski definition) is 6. The number of aromatic nitrogens is 1. The normalized spacial score (nSPS) is 11.2. The van der Waals surface area contributed by atoms with Gasteiger partial charge in [-0.25, -0.2) is 4.79 Å². The van der Waals surface area contributed by atoms with Crippen LogP contribution in [0.15, 0.2) is 23.1 Å². The predicted molar refractivity (Wildman–Crippen MR) is 113 cm³/mol. The molecule has 0 spiro atoms. The van der Waals surface area contributed by atoms with Crippen LogP contribution in [-0.4, -0.2) is 59.7 Å². The molecular formula is C20H25ClN2O7. The number of aliphatic carboxylic acids is 1. The molecule has 2 rings (SSSR count). The SMILES string of the molecule is CC(C)n1cc(C(=O)O)c(=O)c2cc(NCCOCCOCCC(=O)O)c(Cl)cc21. The summed E-state index contributed by atoms with van der Waals surface area (Å²) in [6.07, 6.45) is 1.29. The number of aromatic carboxylic acids is 1. The summed E-state index contributed by atoms with van der Waals surface area (Å²) in [6, 6.07) is 3.14. The Labute approximate surface area is 178 Å². The van der Waals surface area contributed by atoms with Crippen LogP contribution in [0.25, 0.3) is 10.9 Å². The maximum atomic E-state index is 12.6. The highest BCUT2D eigenvalue weighted by atomic mass is 35.5. The van der Waals surface area contributed by atoms with Crippen molar-refractivity contribution in [1.29, 1.82) is 0 Å². The number of halogens is 1. The Balaban J connectivity index is 2.04. The van der Waals surface area contributed by atoms with E-state index in [4.69, 9.17) is 26.2 Å². The summed E-state index contributed by atoms with van der Waals surface area (Å²) in [5, 5.41) is 21.6. The molecule has 0 fully saturated rings. The number of carboxylic acid groups (broad SMARTS) is 2. The molecule has 1 aromatic carbocycles. The van der Waals surface area contributed by atoms with Crippen LogP contribution in [0.2, 0.25) is 5.02 Å². The molecule has 0 bridgehead atoms. The number of hydrogen-bond donors (Lipinski definition) is 3. The van der Waals surface area contributed by atoms with Gasteiger partial charge in [0.2, 0.25) is 5.43 Å². The van der Waals surface area contributed by atoms with Crippen LogP contribution >= 0.6 is 11.6 Å². The first-order valence-corrected chi connectivity index (χ1v) is 9.83. The lowest BCUT2D eigenvalue weighted by Gasteiger charge is -2.17. The molecule has 0 unspecified atom stereocenters. The van der Waals surface area contributed by atoms with Crippen LogP contribution in [0.1, 0.15) is 36.7 Å². The lowest BCUT2D eigenvalue weighted by atomic mass is 10.1.